The zero-order valence-corrected chi connectivity index (χ0v) is 24.8. The maximum atomic E-state index is 9.94. The maximum Gasteiger partial charge on any atom is 0.323 e. The van der Waals surface area contributed by atoms with Crippen molar-refractivity contribution in [3.8, 4) is 17.5 Å². The van der Waals surface area contributed by atoms with Crippen LogP contribution in [0.3, 0.4) is 0 Å². The van der Waals surface area contributed by atoms with Crippen LogP contribution < -0.4 is 24.8 Å². The molecule has 0 radical (unpaired) electrons. The van der Waals surface area contributed by atoms with E-state index in [1.54, 1.807) is 0 Å². The standard InChI is InChI=1S/C29H39N5O9/c1-28(2)40-21-19(39-24-23(22(21)41-28)42-29(3,4)43-24)13-36-27-33-25(30-12-15-6-5-7-18-20(15)38-14-37-18)32-26(34-27)31-16-8-10-17(35)11-9-16/h5-7,16-17,19,21-24,35H,8-14H2,1-4H3,(H2,30,31,32,33,34)/t16?,17?,19-,21+,22+,23-,24-/m1/s1. The Hall–Kier alpha value is -3.01. The first-order valence-corrected chi connectivity index (χ1v) is 14.9. The fraction of sp³-hybridized carbons (Fsp3) is 0.690. The van der Waals surface area contributed by atoms with E-state index in [2.05, 4.69) is 25.6 Å². The van der Waals surface area contributed by atoms with Crippen molar-refractivity contribution in [3.63, 3.8) is 0 Å². The fourth-order valence-corrected chi connectivity index (χ4v) is 6.26. The van der Waals surface area contributed by atoms with E-state index in [0.717, 1.165) is 31.2 Å². The Balaban J connectivity index is 1.09. The second-order valence-corrected chi connectivity index (χ2v) is 12.4. The Morgan fingerprint density at radius 1 is 0.884 bits per heavy atom. The molecule has 5 aliphatic rings. The minimum atomic E-state index is -0.816. The molecule has 0 amide bonds. The van der Waals surface area contributed by atoms with Crippen molar-refractivity contribution in [3.05, 3.63) is 23.8 Å². The molecule has 0 spiro atoms. The number of aromatic nitrogens is 3. The minimum absolute atomic E-state index is 0.0868. The predicted molar refractivity (Wildman–Crippen MR) is 150 cm³/mol. The van der Waals surface area contributed by atoms with Crippen molar-refractivity contribution in [1.29, 1.82) is 0 Å². The topological polar surface area (TPSA) is 157 Å². The lowest BCUT2D eigenvalue weighted by Crippen LogP contribution is -2.56. The third kappa shape index (κ3) is 6.17. The molecular formula is C29H39N5O9. The van der Waals surface area contributed by atoms with Crippen molar-refractivity contribution in [2.75, 3.05) is 24.0 Å². The number of nitrogens with zero attached hydrogens (tertiary/aromatic N) is 3. The lowest BCUT2D eigenvalue weighted by atomic mass is 9.93. The molecule has 3 saturated heterocycles. The molecule has 1 aliphatic carbocycles. The molecule has 5 atom stereocenters. The number of aliphatic hydroxyl groups excluding tert-OH is 1. The van der Waals surface area contributed by atoms with Crippen LogP contribution in [0.1, 0.15) is 58.9 Å². The summed E-state index contributed by atoms with van der Waals surface area (Å²) in [5.41, 5.74) is 0.910. The number of aliphatic hydroxyl groups is 1. The molecule has 14 nitrogen and oxygen atoms in total. The van der Waals surface area contributed by atoms with Crippen molar-refractivity contribution >= 4 is 11.9 Å². The van der Waals surface area contributed by atoms with Gasteiger partial charge in [0.15, 0.2) is 29.4 Å². The highest BCUT2D eigenvalue weighted by Gasteiger charge is 2.60. The van der Waals surface area contributed by atoms with Crippen LogP contribution >= 0.6 is 0 Å². The predicted octanol–water partition coefficient (Wildman–Crippen LogP) is 2.70. The van der Waals surface area contributed by atoms with Gasteiger partial charge in [-0.1, -0.05) is 12.1 Å². The summed E-state index contributed by atoms with van der Waals surface area (Å²) in [5.74, 6) is 0.485. The second kappa shape index (κ2) is 11.2. The number of benzene rings is 1. The molecule has 0 bridgehead atoms. The van der Waals surface area contributed by atoms with Crippen LogP contribution in [-0.4, -0.2) is 87.9 Å². The Morgan fingerprint density at radius 3 is 2.47 bits per heavy atom. The number of anilines is 2. The van der Waals surface area contributed by atoms with Crippen LogP contribution in [0.2, 0.25) is 0 Å². The van der Waals surface area contributed by atoms with Gasteiger partial charge in [-0.15, -0.1) is 0 Å². The monoisotopic (exact) mass is 601 g/mol. The highest BCUT2D eigenvalue weighted by atomic mass is 16.9. The number of para-hydroxylation sites is 1. The molecule has 1 aromatic carbocycles. The Morgan fingerprint density at radius 2 is 1.63 bits per heavy atom. The molecule has 4 aliphatic heterocycles. The van der Waals surface area contributed by atoms with Gasteiger partial charge in [0.2, 0.25) is 18.7 Å². The quantitative estimate of drug-likeness (QED) is 0.406. The van der Waals surface area contributed by atoms with Gasteiger partial charge in [0.05, 0.1) is 6.10 Å². The molecule has 4 fully saturated rings. The molecule has 5 heterocycles. The number of fused-ring (bicyclic) bond motifs is 4. The van der Waals surface area contributed by atoms with E-state index in [9.17, 15) is 5.11 Å². The Labute approximate surface area is 249 Å². The molecule has 1 aromatic heterocycles. The third-order valence-electron chi connectivity index (χ3n) is 8.19. The van der Waals surface area contributed by atoms with Gasteiger partial charge < -0.3 is 53.6 Å². The van der Waals surface area contributed by atoms with Crippen LogP contribution in [0.15, 0.2) is 18.2 Å². The number of hydrogen-bond donors (Lipinski definition) is 3. The Kier molecular flexibility index (Phi) is 7.46. The van der Waals surface area contributed by atoms with Crippen molar-refractivity contribution in [2.45, 2.75) is 114 Å². The molecule has 7 rings (SSSR count). The molecule has 0 unspecified atom stereocenters. The fourth-order valence-electron chi connectivity index (χ4n) is 6.26. The summed E-state index contributed by atoms with van der Waals surface area (Å²) in [6.07, 6.45) is 0.390. The molecular weight excluding hydrogens is 562 g/mol. The van der Waals surface area contributed by atoms with E-state index in [-0.39, 0.29) is 31.6 Å². The average molecular weight is 602 g/mol. The number of rotatable bonds is 8. The summed E-state index contributed by atoms with van der Waals surface area (Å²) in [5, 5.41) is 16.6. The molecule has 3 N–H and O–H groups in total. The lowest BCUT2D eigenvalue weighted by Gasteiger charge is -2.36. The summed E-state index contributed by atoms with van der Waals surface area (Å²) in [7, 11) is 0. The first kappa shape index (κ1) is 28.7. The lowest BCUT2D eigenvalue weighted by molar-refractivity contribution is -0.238. The normalized spacial score (nSPS) is 33.5. The van der Waals surface area contributed by atoms with Gasteiger partial charge in [-0.2, -0.15) is 15.0 Å². The van der Waals surface area contributed by atoms with E-state index >= 15 is 0 Å². The first-order chi connectivity index (χ1) is 20.6. The number of hydrogen-bond acceptors (Lipinski definition) is 14. The largest absolute Gasteiger partial charge is 0.460 e. The van der Waals surface area contributed by atoms with Crippen LogP contribution in [0, 0.1) is 0 Å². The van der Waals surface area contributed by atoms with Gasteiger partial charge in [-0.3, -0.25) is 0 Å². The van der Waals surface area contributed by atoms with Crippen molar-refractivity contribution < 1.29 is 43.0 Å². The van der Waals surface area contributed by atoms with Gasteiger partial charge in [0.25, 0.3) is 0 Å². The Bertz CT molecular complexity index is 1320. The number of nitrogens with one attached hydrogen (secondary N) is 2. The van der Waals surface area contributed by atoms with E-state index in [0.29, 0.717) is 29.9 Å². The minimum Gasteiger partial charge on any atom is -0.460 e. The highest BCUT2D eigenvalue weighted by Crippen LogP contribution is 2.44. The van der Waals surface area contributed by atoms with Gasteiger partial charge in [-0.05, 0) is 59.4 Å². The molecule has 1 saturated carbocycles. The smallest absolute Gasteiger partial charge is 0.323 e. The van der Waals surface area contributed by atoms with Crippen molar-refractivity contribution in [1.82, 2.24) is 15.0 Å². The van der Waals surface area contributed by atoms with E-state index < -0.39 is 42.3 Å². The van der Waals surface area contributed by atoms with E-state index in [1.807, 2.05) is 45.9 Å². The molecule has 43 heavy (non-hydrogen) atoms. The van der Waals surface area contributed by atoms with Gasteiger partial charge in [-0.25, -0.2) is 0 Å². The number of ether oxygens (including phenoxy) is 8. The van der Waals surface area contributed by atoms with Crippen LogP contribution in [0.5, 0.6) is 17.5 Å². The van der Waals surface area contributed by atoms with Gasteiger partial charge in [0.1, 0.15) is 31.0 Å². The van der Waals surface area contributed by atoms with Crippen LogP contribution in [0.25, 0.3) is 0 Å². The maximum absolute atomic E-state index is 9.94. The SMILES string of the molecule is CC1(C)O[C@H]2[C@@H](O1)[C@@H](COc1nc(NCc3cccc4c3OCO4)nc(NC3CCC(O)CC3)n1)O[C@@H]1OC(C)(C)O[C@@H]12. The zero-order valence-electron chi connectivity index (χ0n) is 24.8. The van der Waals surface area contributed by atoms with Crippen LogP contribution in [-0.2, 0) is 30.2 Å². The summed E-state index contributed by atoms with van der Waals surface area (Å²) in [6, 6.07) is 5.99. The zero-order chi connectivity index (χ0) is 29.8. The summed E-state index contributed by atoms with van der Waals surface area (Å²) in [6.45, 7) is 8.10. The van der Waals surface area contributed by atoms with E-state index in [4.69, 9.17) is 37.9 Å². The summed E-state index contributed by atoms with van der Waals surface area (Å²) in [4.78, 5) is 13.7. The van der Waals surface area contributed by atoms with Gasteiger partial charge in [0, 0.05) is 18.2 Å². The second-order valence-electron chi connectivity index (χ2n) is 12.4. The van der Waals surface area contributed by atoms with Crippen molar-refractivity contribution in [2.24, 2.45) is 0 Å². The van der Waals surface area contributed by atoms with Crippen LogP contribution in [0.4, 0.5) is 11.9 Å². The van der Waals surface area contributed by atoms with E-state index in [1.165, 1.54) is 0 Å². The molecule has 14 heteroatoms. The highest BCUT2D eigenvalue weighted by molar-refractivity contribution is 5.49. The summed E-state index contributed by atoms with van der Waals surface area (Å²) < 4.78 is 48.1. The van der Waals surface area contributed by atoms with Gasteiger partial charge >= 0.3 is 6.01 Å². The molecule has 234 valence electrons. The average Bonchev–Trinajstić information content (AvgIpc) is 3.65. The summed E-state index contributed by atoms with van der Waals surface area (Å²) >= 11 is 0. The third-order valence-corrected chi connectivity index (χ3v) is 8.19. The molecule has 2 aromatic rings. The first-order valence-electron chi connectivity index (χ1n) is 14.9.